The second kappa shape index (κ2) is 1.62. The van der Waals surface area contributed by atoms with E-state index in [9.17, 15) is 0 Å². The molecule has 0 aromatic heterocycles. The molecule has 0 amide bonds. The third kappa shape index (κ3) is 0.614. The van der Waals surface area contributed by atoms with Crippen LogP contribution < -0.4 is 0 Å². The Kier molecular flexibility index (Phi) is 0.549. The number of hydrogen-bond acceptors (Lipinski definition) is 3. The highest BCUT2D eigenvalue weighted by Crippen LogP contribution is 2.08. The number of dihydropyridines is 1. The first kappa shape index (κ1) is 3.06. The van der Waals surface area contributed by atoms with Crippen LogP contribution in [0, 0.1) is 0 Å². The minimum Gasteiger partial charge on any atom is -0.239 e. The molecule has 2 aliphatic heterocycles. The highest BCUT2D eigenvalue weighted by Gasteiger charge is 2.09. The second-order valence-corrected chi connectivity index (χ2v) is 1.71. The lowest BCUT2D eigenvalue weighted by Gasteiger charge is -1.97. The van der Waals surface area contributed by atoms with Gasteiger partial charge in [0.25, 0.3) is 0 Å². The van der Waals surface area contributed by atoms with E-state index in [2.05, 4.69) is 15.2 Å². The maximum atomic E-state index is 7.44. The molecule has 0 aromatic carbocycles. The van der Waals surface area contributed by atoms with Crippen molar-refractivity contribution in [3.63, 3.8) is 0 Å². The molecule has 2 heterocycles. The molecule has 0 fully saturated rings. The van der Waals surface area contributed by atoms with Gasteiger partial charge in [-0.2, -0.15) is 5.10 Å². The zero-order valence-corrected chi connectivity index (χ0v) is 4.63. The van der Waals surface area contributed by atoms with E-state index in [0.717, 1.165) is 0 Å². The van der Waals surface area contributed by atoms with Crippen LogP contribution in [0.2, 0.25) is 0 Å². The molecule has 0 saturated carbocycles. The van der Waals surface area contributed by atoms with Gasteiger partial charge in [0.1, 0.15) is 0 Å². The molecule has 0 radical (unpaired) electrons. The Morgan fingerprint density at radius 2 is 2.67 bits per heavy atom. The summed E-state index contributed by atoms with van der Waals surface area (Å²) in [6.07, 6.45) is 1.98. The van der Waals surface area contributed by atoms with Gasteiger partial charge < -0.3 is 0 Å². The molecule has 0 unspecified atom stereocenters. The van der Waals surface area contributed by atoms with Gasteiger partial charge in [0, 0.05) is 18.2 Å². The minimum atomic E-state index is 0.183. The normalized spacial score (nSPS) is 26.7. The maximum Gasteiger partial charge on any atom is 0.182 e. The molecule has 44 valence electrons. The highest BCUT2D eigenvalue weighted by molar-refractivity contribution is 6.20. The van der Waals surface area contributed by atoms with Crippen LogP contribution >= 0.6 is 0 Å². The fourth-order valence-corrected chi connectivity index (χ4v) is 0.709. The van der Waals surface area contributed by atoms with Gasteiger partial charge >= 0.3 is 0 Å². The summed E-state index contributed by atoms with van der Waals surface area (Å²) in [6.45, 7) is 0. The molecule has 0 spiro atoms. The second-order valence-electron chi connectivity index (χ2n) is 1.71. The highest BCUT2D eigenvalue weighted by atomic mass is 15.3. The molecule has 0 aromatic rings. The van der Waals surface area contributed by atoms with Crippen molar-refractivity contribution in [1.82, 2.24) is 0 Å². The molecule has 3 heteroatoms. The molecule has 2 aliphatic rings. The van der Waals surface area contributed by atoms with Gasteiger partial charge in [0.2, 0.25) is 0 Å². The van der Waals surface area contributed by atoms with Gasteiger partial charge in [-0.05, 0) is 0 Å². The summed E-state index contributed by atoms with van der Waals surface area (Å²) in [5.74, 6) is 0.409. The van der Waals surface area contributed by atoms with Crippen molar-refractivity contribution < 1.29 is 2.74 Å². The van der Waals surface area contributed by atoms with Crippen molar-refractivity contribution in [1.29, 1.82) is 0 Å². The van der Waals surface area contributed by atoms with Crippen molar-refractivity contribution in [2.45, 2.75) is 6.42 Å². The van der Waals surface area contributed by atoms with E-state index in [0.29, 0.717) is 23.9 Å². The summed E-state index contributed by atoms with van der Waals surface area (Å²) >= 11 is 0. The van der Waals surface area contributed by atoms with E-state index in [-0.39, 0.29) is 6.19 Å². The third-order valence-electron chi connectivity index (χ3n) is 1.12. The Morgan fingerprint density at radius 1 is 1.67 bits per heavy atom. The molecule has 0 atom stereocenters. The Labute approximate surface area is 55.3 Å². The lowest BCUT2D eigenvalue weighted by molar-refractivity contribution is 1.26. The quantitative estimate of drug-likeness (QED) is 0.454. The Hall–Kier alpha value is -1.25. The van der Waals surface area contributed by atoms with E-state index in [1.165, 1.54) is 6.21 Å². The maximum absolute atomic E-state index is 7.44. The van der Waals surface area contributed by atoms with Crippen LogP contribution in [-0.2, 0) is 0 Å². The predicted molar refractivity (Wildman–Crippen MR) is 37.1 cm³/mol. The van der Waals surface area contributed by atoms with E-state index in [4.69, 9.17) is 2.74 Å². The SMILES string of the molecule is [2H]C1=NC2=NN=CC2=C([2H])C1. The summed E-state index contributed by atoms with van der Waals surface area (Å²) in [6, 6.07) is 0.380. The zero-order chi connectivity index (χ0) is 7.84. The minimum absolute atomic E-state index is 0.183. The van der Waals surface area contributed by atoms with Crippen molar-refractivity contribution in [2.24, 2.45) is 15.2 Å². The smallest absolute Gasteiger partial charge is 0.182 e. The van der Waals surface area contributed by atoms with Gasteiger partial charge in [0.05, 0.1) is 8.96 Å². The van der Waals surface area contributed by atoms with Crippen LogP contribution in [0.25, 0.3) is 0 Å². The molecule has 3 nitrogen and oxygen atoms in total. The molecule has 9 heavy (non-hydrogen) atoms. The Bertz CT molecular complexity index is 325. The summed E-state index contributed by atoms with van der Waals surface area (Å²) in [5, 5.41) is 7.27. The van der Waals surface area contributed by atoms with Gasteiger partial charge in [-0.3, -0.25) is 0 Å². The monoisotopic (exact) mass is 121 g/mol. The van der Waals surface area contributed by atoms with Gasteiger partial charge in [-0.25, -0.2) is 4.99 Å². The van der Waals surface area contributed by atoms with E-state index >= 15 is 0 Å². The van der Waals surface area contributed by atoms with Crippen LogP contribution in [0.15, 0.2) is 26.8 Å². The number of hydrogen-bond donors (Lipinski definition) is 0. The summed E-state index contributed by atoms with van der Waals surface area (Å²) < 4.78 is 14.7. The summed E-state index contributed by atoms with van der Waals surface area (Å²) in [7, 11) is 0. The Morgan fingerprint density at radius 3 is 3.67 bits per heavy atom. The molecular weight excluding hydrogens is 114 g/mol. The number of rotatable bonds is 0. The van der Waals surface area contributed by atoms with E-state index in [1.54, 1.807) is 0 Å². The zero-order valence-electron chi connectivity index (χ0n) is 6.63. The summed E-state index contributed by atoms with van der Waals surface area (Å²) in [4.78, 5) is 3.83. The molecule has 0 bridgehead atoms. The van der Waals surface area contributed by atoms with Crippen molar-refractivity contribution in [3.05, 3.63) is 11.6 Å². The van der Waals surface area contributed by atoms with Crippen molar-refractivity contribution in [3.8, 4) is 0 Å². The number of aliphatic imine (C=N–C) groups is 1. The predicted octanol–water partition coefficient (Wildman–Crippen LogP) is 0.785. The van der Waals surface area contributed by atoms with E-state index in [1.807, 2.05) is 0 Å². The first-order valence-electron chi connectivity index (χ1n) is 3.62. The number of nitrogens with zero attached hydrogens (tertiary/aromatic N) is 3. The average Bonchev–Trinajstić information content (AvgIpc) is 2.34. The van der Waals surface area contributed by atoms with Gasteiger partial charge in [0.15, 0.2) is 5.84 Å². The molecule has 0 aliphatic carbocycles. The van der Waals surface area contributed by atoms with Crippen LogP contribution in [0.3, 0.4) is 0 Å². The van der Waals surface area contributed by atoms with E-state index < -0.39 is 0 Å². The first-order valence-corrected chi connectivity index (χ1v) is 2.62. The fourth-order valence-electron chi connectivity index (χ4n) is 0.709. The van der Waals surface area contributed by atoms with Crippen molar-refractivity contribution in [2.75, 3.05) is 0 Å². The lowest BCUT2D eigenvalue weighted by Crippen LogP contribution is -2.00. The topological polar surface area (TPSA) is 37.1 Å². The average molecular weight is 121 g/mol. The van der Waals surface area contributed by atoms with Crippen LogP contribution in [0.4, 0.5) is 0 Å². The van der Waals surface area contributed by atoms with Crippen LogP contribution in [0.1, 0.15) is 9.16 Å². The van der Waals surface area contributed by atoms with Gasteiger partial charge in [-0.15, -0.1) is 5.10 Å². The lowest BCUT2D eigenvalue weighted by atomic mass is 10.2. The molecule has 0 saturated heterocycles. The standard InChI is InChI=1S/C6H5N3/c1-2-5-4-8-9-6(5)7-3-1/h2-4H,1H2/i2D,3D. The molecule has 2 rings (SSSR count). The number of allylic oxidation sites excluding steroid dienone is 1. The third-order valence-corrected chi connectivity index (χ3v) is 1.12. The van der Waals surface area contributed by atoms with Crippen molar-refractivity contribution >= 4 is 18.2 Å². The fraction of sp³-hybridized carbons (Fsp3) is 0.167. The summed E-state index contributed by atoms with van der Waals surface area (Å²) in [5.41, 5.74) is 0.654. The van der Waals surface area contributed by atoms with Gasteiger partial charge in [-0.1, -0.05) is 6.05 Å². The largest absolute Gasteiger partial charge is 0.239 e. The molecule has 0 N–H and O–H groups in total. The molecular formula is C6H5N3. The number of amidine groups is 1. The Balaban J connectivity index is 2.49. The first-order chi connectivity index (χ1) is 5.27. The van der Waals surface area contributed by atoms with Crippen LogP contribution in [-0.4, -0.2) is 18.2 Å². The number of fused-ring (bicyclic) bond motifs is 1. The van der Waals surface area contributed by atoms with Crippen LogP contribution in [0.5, 0.6) is 0 Å².